The van der Waals surface area contributed by atoms with E-state index >= 15 is 0 Å². The normalized spacial score (nSPS) is 11.6. The van der Waals surface area contributed by atoms with Crippen LogP contribution in [0.3, 0.4) is 0 Å². The molecule has 4 nitrogen and oxygen atoms in total. The Bertz CT molecular complexity index is 569. The molecule has 0 spiro atoms. The van der Waals surface area contributed by atoms with Crippen LogP contribution < -0.4 is 5.73 Å². The molecule has 0 unspecified atom stereocenters. The van der Waals surface area contributed by atoms with E-state index in [9.17, 15) is 0 Å². The summed E-state index contributed by atoms with van der Waals surface area (Å²) in [6.07, 6.45) is 3.55. The number of nitriles is 1. The third kappa shape index (κ3) is 2.45. The van der Waals surface area contributed by atoms with Gasteiger partial charge in [-0.3, -0.25) is 0 Å². The lowest BCUT2D eigenvalue weighted by atomic mass is 10.00. The summed E-state index contributed by atoms with van der Waals surface area (Å²) in [6.45, 7) is 3.99. The minimum Gasteiger partial charge on any atom is -0.326 e. The van der Waals surface area contributed by atoms with Crippen molar-refractivity contribution in [1.29, 1.82) is 5.26 Å². The number of fused-ring (bicyclic) bond motifs is 1. The average molecular weight is 228 g/mol. The molecule has 88 valence electrons. The van der Waals surface area contributed by atoms with Gasteiger partial charge in [0.25, 0.3) is 0 Å². The molecule has 2 rings (SSSR count). The number of hydrogen-bond donors (Lipinski definition) is 1. The fraction of sp³-hybridized carbons (Fsp3) is 0.385. The lowest BCUT2D eigenvalue weighted by molar-refractivity contribution is 0.470. The van der Waals surface area contributed by atoms with E-state index in [2.05, 4.69) is 11.1 Å². The van der Waals surface area contributed by atoms with Crippen LogP contribution in [0.2, 0.25) is 0 Å². The first-order chi connectivity index (χ1) is 8.01. The summed E-state index contributed by atoms with van der Waals surface area (Å²) in [7, 11) is 0. The molecular formula is C13H16N4. The molecule has 0 radical (unpaired) electrons. The van der Waals surface area contributed by atoms with Crippen LogP contribution in [0, 0.1) is 11.3 Å². The Morgan fingerprint density at radius 3 is 2.88 bits per heavy atom. The predicted molar refractivity (Wildman–Crippen MR) is 66.5 cm³/mol. The van der Waals surface area contributed by atoms with Crippen molar-refractivity contribution >= 4 is 5.52 Å². The zero-order chi connectivity index (χ0) is 12.5. The molecule has 0 fully saturated rings. The Kier molecular flexibility index (Phi) is 2.86. The third-order valence-corrected chi connectivity index (χ3v) is 2.72. The van der Waals surface area contributed by atoms with Gasteiger partial charge < -0.3 is 10.1 Å². The Morgan fingerprint density at radius 1 is 1.47 bits per heavy atom. The molecule has 2 N–H and O–H groups in total. The van der Waals surface area contributed by atoms with Gasteiger partial charge in [0, 0.05) is 18.2 Å². The summed E-state index contributed by atoms with van der Waals surface area (Å²) < 4.78 is 1.96. The van der Waals surface area contributed by atoms with Crippen molar-refractivity contribution in [3.63, 3.8) is 0 Å². The van der Waals surface area contributed by atoms with Crippen LogP contribution in [0.1, 0.15) is 31.8 Å². The largest absolute Gasteiger partial charge is 0.326 e. The lowest BCUT2D eigenvalue weighted by Gasteiger charge is -2.17. The predicted octanol–water partition coefficient (Wildman–Crippen LogP) is 1.88. The quantitative estimate of drug-likeness (QED) is 0.872. The van der Waals surface area contributed by atoms with Crippen LogP contribution in [0.15, 0.2) is 24.4 Å². The van der Waals surface area contributed by atoms with Crippen molar-refractivity contribution in [2.75, 3.05) is 0 Å². The van der Waals surface area contributed by atoms with E-state index in [0.29, 0.717) is 5.69 Å². The molecule has 0 amide bonds. The number of nitrogens with two attached hydrogens (primary N) is 1. The van der Waals surface area contributed by atoms with E-state index < -0.39 is 0 Å². The van der Waals surface area contributed by atoms with Crippen molar-refractivity contribution in [2.24, 2.45) is 5.73 Å². The SMILES string of the molecule is CC(C)(N)CCc1nc(C#N)c2ccccn12. The third-order valence-electron chi connectivity index (χ3n) is 2.72. The van der Waals surface area contributed by atoms with Gasteiger partial charge in [-0.05, 0) is 32.4 Å². The molecule has 0 aliphatic heterocycles. The second-order valence-corrected chi connectivity index (χ2v) is 4.93. The highest BCUT2D eigenvalue weighted by Gasteiger charge is 2.14. The minimum absolute atomic E-state index is 0.215. The maximum Gasteiger partial charge on any atom is 0.166 e. The van der Waals surface area contributed by atoms with E-state index in [4.69, 9.17) is 11.0 Å². The van der Waals surface area contributed by atoms with Crippen LogP contribution >= 0.6 is 0 Å². The van der Waals surface area contributed by atoms with E-state index in [0.717, 1.165) is 24.2 Å². The molecule has 0 atom stereocenters. The molecule has 0 aliphatic carbocycles. The van der Waals surface area contributed by atoms with Gasteiger partial charge in [0.05, 0.1) is 5.52 Å². The summed E-state index contributed by atoms with van der Waals surface area (Å²) in [4.78, 5) is 4.36. The van der Waals surface area contributed by atoms with Gasteiger partial charge in [-0.15, -0.1) is 0 Å². The van der Waals surface area contributed by atoms with E-state index in [1.54, 1.807) is 0 Å². The van der Waals surface area contributed by atoms with Crippen molar-refractivity contribution in [2.45, 2.75) is 32.2 Å². The van der Waals surface area contributed by atoms with Crippen LogP contribution in [0.5, 0.6) is 0 Å². The summed E-state index contributed by atoms with van der Waals surface area (Å²) in [5.74, 6) is 0.899. The summed E-state index contributed by atoms with van der Waals surface area (Å²) in [6, 6.07) is 7.88. The minimum atomic E-state index is -0.215. The molecule has 0 saturated heterocycles. The number of pyridine rings is 1. The summed E-state index contributed by atoms with van der Waals surface area (Å²) in [5.41, 5.74) is 7.09. The zero-order valence-corrected chi connectivity index (χ0v) is 10.1. The first-order valence-corrected chi connectivity index (χ1v) is 5.66. The second kappa shape index (κ2) is 4.19. The molecule has 4 heteroatoms. The van der Waals surface area contributed by atoms with Gasteiger partial charge in [-0.2, -0.15) is 5.26 Å². The molecule has 0 aliphatic rings. The highest BCUT2D eigenvalue weighted by Crippen LogP contribution is 2.15. The molecule has 0 aromatic carbocycles. The van der Waals surface area contributed by atoms with Crippen molar-refractivity contribution in [3.8, 4) is 6.07 Å². The van der Waals surface area contributed by atoms with Crippen LogP contribution in [-0.2, 0) is 6.42 Å². The van der Waals surface area contributed by atoms with Crippen molar-refractivity contribution < 1.29 is 0 Å². The first-order valence-electron chi connectivity index (χ1n) is 5.66. The molecule has 2 aromatic heterocycles. The fourth-order valence-corrected chi connectivity index (χ4v) is 1.79. The van der Waals surface area contributed by atoms with Gasteiger partial charge in [0.15, 0.2) is 5.69 Å². The van der Waals surface area contributed by atoms with Gasteiger partial charge in [-0.1, -0.05) is 6.07 Å². The highest BCUT2D eigenvalue weighted by molar-refractivity contribution is 5.58. The van der Waals surface area contributed by atoms with Gasteiger partial charge >= 0.3 is 0 Å². The smallest absolute Gasteiger partial charge is 0.166 e. The first kappa shape index (κ1) is 11.6. The van der Waals surface area contributed by atoms with Crippen molar-refractivity contribution in [3.05, 3.63) is 35.9 Å². The molecule has 17 heavy (non-hydrogen) atoms. The molecular weight excluding hydrogens is 212 g/mol. The van der Waals surface area contributed by atoms with Crippen LogP contribution in [0.4, 0.5) is 0 Å². The number of imidazole rings is 1. The maximum atomic E-state index is 9.03. The molecule has 2 heterocycles. The Morgan fingerprint density at radius 2 is 2.24 bits per heavy atom. The van der Waals surface area contributed by atoms with E-state index in [-0.39, 0.29) is 5.54 Å². The van der Waals surface area contributed by atoms with Crippen LogP contribution in [0.25, 0.3) is 5.52 Å². The Labute approximate surface area is 101 Å². The van der Waals surface area contributed by atoms with Crippen molar-refractivity contribution in [1.82, 2.24) is 9.38 Å². The monoisotopic (exact) mass is 228 g/mol. The van der Waals surface area contributed by atoms with Crippen LogP contribution in [-0.4, -0.2) is 14.9 Å². The summed E-state index contributed by atoms with van der Waals surface area (Å²) in [5, 5.41) is 9.03. The number of nitrogens with zero attached hydrogens (tertiary/aromatic N) is 3. The molecule has 2 aromatic rings. The number of aromatic nitrogens is 2. The summed E-state index contributed by atoms with van der Waals surface area (Å²) >= 11 is 0. The van der Waals surface area contributed by atoms with Gasteiger partial charge in [-0.25, -0.2) is 4.98 Å². The molecule has 0 bridgehead atoms. The number of aryl methyl sites for hydroxylation is 1. The maximum absolute atomic E-state index is 9.03. The van der Waals surface area contributed by atoms with Gasteiger partial charge in [0.1, 0.15) is 11.9 Å². The van der Waals surface area contributed by atoms with E-state index in [1.807, 2.05) is 42.6 Å². The van der Waals surface area contributed by atoms with E-state index in [1.165, 1.54) is 0 Å². The van der Waals surface area contributed by atoms with Gasteiger partial charge in [0.2, 0.25) is 0 Å². The second-order valence-electron chi connectivity index (χ2n) is 4.93. The number of rotatable bonds is 3. The standard InChI is InChI=1S/C13H16N4/c1-13(2,15)7-6-12-16-10(9-14)11-5-3-4-8-17(11)12/h3-5,8H,6-7,15H2,1-2H3. The number of hydrogen-bond acceptors (Lipinski definition) is 3. The zero-order valence-electron chi connectivity index (χ0n) is 10.1. The fourth-order valence-electron chi connectivity index (χ4n) is 1.79. The lowest BCUT2D eigenvalue weighted by Crippen LogP contribution is -2.32. The molecule has 0 saturated carbocycles. The average Bonchev–Trinajstić information content (AvgIpc) is 2.64. The topological polar surface area (TPSA) is 67.1 Å². The Balaban J connectivity index is 2.38. The highest BCUT2D eigenvalue weighted by atomic mass is 15.0. The Hall–Kier alpha value is -1.86.